The van der Waals surface area contributed by atoms with Crippen LogP contribution in [0, 0.1) is 5.41 Å². The topological polar surface area (TPSA) is 51.4 Å². The van der Waals surface area contributed by atoms with E-state index in [0.717, 1.165) is 18.0 Å². The van der Waals surface area contributed by atoms with Crippen molar-refractivity contribution in [2.24, 2.45) is 11.1 Å². The third-order valence-corrected chi connectivity index (χ3v) is 5.16. The normalized spacial score (nSPS) is 22.9. The van der Waals surface area contributed by atoms with Gasteiger partial charge in [0.15, 0.2) is 5.13 Å². The largest absolute Gasteiger partial charge is 0.383 e. The van der Waals surface area contributed by atoms with Crippen molar-refractivity contribution >= 4 is 16.5 Å². The van der Waals surface area contributed by atoms with Crippen molar-refractivity contribution in [3.05, 3.63) is 10.6 Å². The summed E-state index contributed by atoms with van der Waals surface area (Å²) in [7, 11) is 3.81. The summed E-state index contributed by atoms with van der Waals surface area (Å²) in [5.74, 6) is 0. The zero-order valence-corrected chi connectivity index (χ0v) is 13.4. The van der Waals surface area contributed by atoms with Crippen LogP contribution in [0.2, 0.25) is 0 Å². The Morgan fingerprint density at radius 1 is 1.58 bits per heavy atom. The van der Waals surface area contributed by atoms with Crippen LogP contribution in [0.15, 0.2) is 0 Å². The van der Waals surface area contributed by atoms with Crippen molar-refractivity contribution in [2.45, 2.75) is 45.7 Å². The molecule has 0 radical (unpaired) electrons. The van der Waals surface area contributed by atoms with E-state index in [1.807, 2.05) is 0 Å². The maximum Gasteiger partial charge on any atom is 0.185 e. The molecular weight excluding hydrogens is 258 g/mol. The molecule has 0 amide bonds. The molecule has 5 heteroatoms. The maximum atomic E-state index is 6.30. The van der Waals surface area contributed by atoms with Crippen LogP contribution >= 0.6 is 11.3 Å². The zero-order valence-electron chi connectivity index (χ0n) is 12.6. The van der Waals surface area contributed by atoms with Gasteiger partial charge in [0.05, 0.1) is 18.3 Å². The average molecular weight is 283 g/mol. The number of nitrogens with two attached hydrogens (primary N) is 1. The molecule has 1 aromatic rings. The molecule has 0 aromatic carbocycles. The molecule has 0 saturated carbocycles. The van der Waals surface area contributed by atoms with Gasteiger partial charge in [0.2, 0.25) is 0 Å². The van der Waals surface area contributed by atoms with E-state index in [-0.39, 0.29) is 11.5 Å². The highest BCUT2D eigenvalue weighted by atomic mass is 32.1. The van der Waals surface area contributed by atoms with Gasteiger partial charge in [-0.1, -0.05) is 25.2 Å². The Hall–Kier alpha value is -0.650. The Labute approximate surface area is 120 Å². The molecule has 2 unspecified atom stereocenters. The van der Waals surface area contributed by atoms with E-state index in [1.54, 1.807) is 18.4 Å². The summed E-state index contributed by atoms with van der Waals surface area (Å²) in [5.41, 5.74) is 7.75. The third kappa shape index (κ3) is 3.09. The van der Waals surface area contributed by atoms with Crippen molar-refractivity contribution in [3.63, 3.8) is 0 Å². The molecule has 0 fully saturated rings. The summed E-state index contributed by atoms with van der Waals surface area (Å²) in [6, 6.07) is 0.456. The first-order chi connectivity index (χ1) is 8.84. The Bertz CT molecular complexity index is 444. The summed E-state index contributed by atoms with van der Waals surface area (Å²) < 4.78 is 5.21. The number of aromatic nitrogens is 1. The lowest BCUT2D eigenvalue weighted by molar-refractivity contribution is 0.183. The SMILES string of the molecule is COCC(C)N(C)c1nc2c(s1)C(N)CC(C)(C)C2. The standard InChI is InChI=1S/C14H25N3OS/c1-9(8-18-5)17(4)13-16-11-7-14(2,3)6-10(15)12(11)19-13/h9-10H,6-8,15H2,1-5H3. The predicted octanol–water partition coefficient (Wildman–Crippen LogP) is 2.59. The molecule has 0 saturated heterocycles. The number of thiazole rings is 1. The minimum Gasteiger partial charge on any atom is -0.383 e. The zero-order chi connectivity index (χ0) is 14.2. The van der Waals surface area contributed by atoms with Crippen LogP contribution in [-0.2, 0) is 11.2 Å². The first kappa shape index (κ1) is 14.8. The van der Waals surface area contributed by atoms with Crippen LogP contribution in [0.25, 0.3) is 0 Å². The van der Waals surface area contributed by atoms with Gasteiger partial charge in [-0.2, -0.15) is 0 Å². The van der Waals surface area contributed by atoms with Gasteiger partial charge < -0.3 is 15.4 Å². The van der Waals surface area contributed by atoms with Crippen molar-refractivity contribution in [1.29, 1.82) is 0 Å². The quantitative estimate of drug-likeness (QED) is 0.923. The highest BCUT2D eigenvalue weighted by Crippen LogP contribution is 2.43. The fraction of sp³-hybridized carbons (Fsp3) is 0.786. The summed E-state index contributed by atoms with van der Waals surface area (Å²) in [6.45, 7) is 7.39. The maximum absolute atomic E-state index is 6.30. The first-order valence-electron chi connectivity index (χ1n) is 6.81. The molecule has 0 aliphatic heterocycles. The number of methoxy groups -OCH3 is 1. The second-order valence-electron chi connectivity index (χ2n) is 6.37. The monoisotopic (exact) mass is 283 g/mol. The number of anilines is 1. The smallest absolute Gasteiger partial charge is 0.185 e. The highest BCUT2D eigenvalue weighted by molar-refractivity contribution is 7.15. The van der Waals surface area contributed by atoms with E-state index in [4.69, 9.17) is 15.5 Å². The molecule has 0 bridgehead atoms. The number of fused-ring (bicyclic) bond motifs is 1. The van der Waals surface area contributed by atoms with E-state index in [2.05, 4.69) is 32.7 Å². The van der Waals surface area contributed by atoms with Crippen molar-refractivity contribution < 1.29 is 4.74 Å². The van der Waals surface area contributed by atoms with Crippen LogP contribution < -0.4 is 10.6 Å². The number of nitrogens with zero attached hydrogens (tertiary/aromatic N) is 2. The van der Waals surface area contributed by atoms with Crippen LogP contribution in [0.5, 0.6) is 0 Å². The van der Waals surface area contributed by atoms with Crippen LogP contribution in [0.3, 0.4) is 0 Å². The summed E-state index contributed by atoms with van der Waals surface area (Å²) >= 11 is 1.74. The van der Waals surface area contributed by atoms with Gasteiger partial charge in [-0.15, -0.1) is 0 Å². The molecule has 1 aliphatic rings. The molecule has 2 rings (SSSR count). The van der Waals surface area contributed by atoms with E-state index in [1.165, 1.54) is 10.6 Å². The molecule has 2 atom stereocenters. The van der Waals surface area contributed by atoms with Gasteiger partial charge in [0.25, 0.3) is 0 Å². The molecule has 1 aromatic heterocycles. The number of rotatable bonds is 4. The van der Waals surface area contributed by atoms with Crippen LogP contribution in [0.1, 0.15) is 43.8 Å². The van der Waals surface area contributed by atoms with Gasteiger partial charge >= 0.3 is 0 Å². The second-order valence-corrected chi connectivity index (χ2v) is 7.38. The molecule has 0 spiro atoms. The van der Waals surface area contributed by atoms with E-state index in [0.29, 0.717) is 12.6 Å². The van der Waals surface area contributed by atoms with Gasteiger partial charge in [-0.05, 0) is 25.2 Å². The number of ether oxygens (including phenoxy) is 1. The number of likely N-dealkylation sites (N-methyl/N-ethyl adjacent to an activating group) is 1. The average Bonchev–Trinajstić information content (AvgIpc) is 2.70. The minimum absolute atomic E-state index is 0.135. The van der Waals surface area contributed by atoms with Crippen molar-refractivity contribution in [1.82, 2.24) is 4.98 Å². The van der Waals surface area contributed by atoms with Crippen molar-refractivity contribution in [2.75, 3.05) is 25.7 Å². The summed E-state index contributed by atoms with van der Waals surface area (Å²) in [6.07, 6.45) is 2.07. The minimum atomic E-state index is 0.135. The van der Waals surface area contributed by atoms with Gasteiger partial charge in [-0.25, -0.2) is 4.98 Å². The number of hydrogen-bond acceptors (Lipinski definition) is 5. The summed E-state index contributed by atoms with van der Waals surface area (Å²) in [4.78, 5) is 8.26. The molecule has 19 heavy (non-hydrogen) atoms. The van der Waals surface area contributed by atoms with Gasteiger partial charge in [-0.3, -0.25) is 0 Å². The second kappa shape index (κ2) is 5.38. The highest BCUT2D eigenvalue weighted by Gasteiger charge is 2.33. The van der Waals surface area contributed by atoms with Crippen LogP contribution in [-0.4, -0.2) is 31.8 Å². The van der Waals surface area contributed by atoms with E-state index >= 15 is 0 Å². The summed E-state index contributed by atoms with van der Waals surface area (Å²) in [5, 5.41) is 1.06. The molecule has 2 N–H and O–H groups in total. The predicted molar refractivity (Wildman–Crippen MR) is 80.9 cm³/mol. The van der Waals surface area contributed by atoms with Gasteiger partial charge in [0, 0.05) is 25.1 Å². The lowest BCUT2D eigenvalue weighted by atomic mass is 9.77. The Morgan fingerprint density at radius 3 is 2.89 bits per heavy atom. The Balaban J connectivity index is 2.23. The molecule has 1 heterocycles. The molecule has 1 aliphatic carbocycles. The van der Waals surface area contributed by atoms with E-state index in [9.17, 15) is 0 Å². The molecule has 108 valence electrons. The lowest BCUT2D eigenvalue weighted by Gasteiger charge is -2.32. The van der Waals surface area contributed by atoms with Crippen LogP contribution in [0.4, 0.5) is 5.13 Å². The van der Waals surface area contributed by atoms with Crippen molar-refractivity contribution in [3.8, 4) is 0 Å². The van der Waals surface area contributed by atoms with Gasteiger partial charge in [0.1, 0.15) is 0 Å². The fourth-order valence-electron chi connectivity index (χ4n) is 2.67. The number of hydrogen-bond donors (Lipinski definition) is 1. The molecule has 4 nitrogen and oxygen atoms in total. The Kier molecular flexibility index (Phi) is 4.18. The molecular formula is C14H25N3OS. The Morgan fingerprint density at radius 2 is 2.26 bits per heavy atom. The fourth-order valence-corrected chi connectivity index (χ4v) is 3.82. The van der Waals surface area contributed by atoms with E-state index < -0.39 is 0 Å². The lowest BCUT2D eigenvalue weighted by Crippen LogP contribution is -2.32. The third-order valence-electron chi connectivity index (χ3n) is 3.84. The first-order valence-corrected chi connectivity index (χ1v) is 7.62.